The molecule has 10 nitrogen and oxygen atoms in total. The predicted octanol–water partition coefficient (Wildman–Crippen LogP) is 2.32. The van der Waals surface area contributed by atoms with Gasteiger partial charge in [0.25, 0.3) is 0 Å². The molecule has 0 unspecified atom stereocenters. The number of hydrogen-bond acceptors (Lipinski definition) is 8. The Morgan fingerprint density at radius 3 is 2.28 bits per heavy atom. The number of quaternary nitrogens is 1. The Labute approximate surface area is 187 Å². The molecule has 10 heteroatoms. The van der Waals surface area contributed by atoms with Gasteiger partial charge in [0.15, 0.2) is 0 Å². The Kier molecular flexibility index (Phi) is 7.39. The molecule has 1 aromatic carbocycles. The zero-order valence-electron chi connectivity index (χ0n) is 18.9. The first kappa shape index (κ1) is 23.6. The molecule has 1 aliphatic heterocycles. The van der Waals surface area contributed by atoms with Crippen molar-refractivity contribution in [1.29, 1.82) is 0 Å². The van der Waals surface area contributed by atoms with Gasteiger partial charge in [-0.05, 0) is 25.0 Å². The number of hydrogen-bond donors (Lipinski definition) is 2. The number of nitrogens with one attached hydrogen (secondary N) is 1. The summed E-state index contributed by atoms with van der Waals surface area (Å²) >= 11 is 0. The van der Waals surface area contributed by atoms with Gasteiger partial charge in [0, 0.05) is 36.2 Å². The fourth-order valence-electron chi connectivity index (χ4n) is 3.68. The molecule has 2 N–H and O–H groups in total. The fraction of sp³-hybridized carbons (Fsp3) is 0.455. The second-order valence-corrected chi connectivity index (χ2v) is 7.59. The lowest BCUT2D eigenvalue weighted by Gasteiger charge is -2.45. The van der Waals surface area contributed by atoms with Gasteiger partial charge in [-0.15, -0.1) is 0 Å². The Morgan fingerprint density at radius 2 is 1.75 bits per heavy atom. The van der Waals surface area contributed by atoms with Crippen LogP contribution < -0.4 is 24.4 Å². The summed E-state index contributed by atoms with van der Waals surface area (Å²) in [6.45, 7) is 2.70. The maximum atomic E-state index is 13.3. The van der Waals surface area contributed by atoms with E-state index in [1.165, 1.54) is 7.11 Å². The molecule has 32 heavy (non-hydrogen) atoms. The highest BCUT2D eigenvalue weighted by Gasteiger charge is 2.34. The van der Waals surface area contributed by atoms with Gasteiger partial charge in [0.05, 0.1) is 34.4 Å². The minimum atomic E-state index is -1.01. The van der Waals surface area contributed by atoms with Crippen molar-refractivity contribution in [2.24, 2.45) is 0 Å². The Bertz CT molecular complexity index is 937. The van der Waals surface area contributed by atoms with E-state index in [1.807, 2.05) is 17.0 Å². The molecule has 0 atom stereocenters. The number of aryl methyl sites for hydroxylation is 1. The number of ether oxygens (including phenoxy) is 3. The molecule has 0 aliphatic carbocycles. The number of piperazine rings is 1. The van der Waals surface area contributed by atoms with E-state index >= 15 is 0 Å². The normalized spacial score (nSPS) is 15.2. The zero-order valence-corrected chi connectivity index (χ0v) is 18.9. The smallest absolute Gasteiger partial charge is 0.421 e. The number of aromatic nitrogens is 1. The fourth-order valence-corrected chi connectivity index (χ4v) is 3.68. The van der Waals surface area contributed by atoms with Crippen molar-refractivity contribution < 1.29 is 28.8 Å². The van der Waals surface area contributed by atoms with Crippen LogP contribution in [0.5, 0.6) is 17.4 Å². The van der Waals surface area contributed by atoms with Crippen LogP contribution in [0, 0.1) is 12.1 Å². The molecule has 2 amide bonds. The second-order valence-electron chi connectivity index (χ2n) is 7.59. The highest BCUT2D eigenvalue weighted by Crippen LogP contribution is 2.31. The molecule has 1 fully saturated rings. The number of amides is 2. The molecule has 2 heterocycles. The van der Waals surface area contributed by atoms with Crippen molar-refractivity contribution in [2.45, 2.75) is 13.3 Å². The minimum absolute atomic E-state index is 0.0469. The summed E-state index contributed by atoms with van der Waals surface area (Å²) in [6, 6.07) is 6.55. The van der Waals surface area contributed by atoms with E-state index in [1.54, 1.807) is 33.3 Å². The molecular formula is C22H30N4O6. The van der Waals surface area contributed by atoms with Crippen LogP contribution in [0.2, 0.25) is 0 Å². The van der Waals surface area contributed by atoms with Crippen LogP contribution in [0.15, 0.2) is 24.3 Å². The van der Waals surface area contributed by atoms with E-state index in [-0.39, 0.29) is 25.6 Å². The second kappa shape index (κ2) is 10.0. The van der Waals surface area contributed by atoms with Gasteiger partial charge >= 0.3 is 6.03 Å². The zero-order chi connectivity index (χ0) is 23.3. The van der Waals surface area contributed by atoms with Gasteiger partial charge in [-0.1, -0.05) is 0 Å². The average molecular weight is 447 g/mol. The van der Waals surface area contributed by atoms with Crippen molar-refractivity contribution in [3.05, 3.63) is 40.7 Å². The quantitative estimate of drug-likeness (QED) is 0.492. The standard InChI is InChI=1S/C22H30N4O6/c1-15-16(5-10-27)11-20(21(23-15)32-4)24-22(28)26(29)8-6-25(7-9-26)17-12-18(30-2)14-19(13-17)31-3/h11-14,27H,5-10H2,1-4H3,(H,24,28). The first-order valence-corrected chi connectivity index (χ1v) is 10.4. The number of aliphatic hydroxyl groups excluding tert-OH is 1. The number of carbonyl (C=O) groups excluding carboxylic acids is 1. The number of rotatable bonds is 7. The van der Waals surface area contributed by atoms with E-state index in [4.69, 9.17) is 14.2 Å². The first-order valence-electron chi connectivity index (χ1n) is 10.4. The summed E-state index contributed by atoms with van der Waals surface area (Å²) in [5.74, 6) is 1.54. The molecule has 0 spiro atoms. The van der Waals surface area contributed by atoms with Crippen LogP contribution in [0.4, 0.5) is 16.2 Å². The molecule has 0 saturated carbocycles. The van der Waals surface area contributed by atoms with Crippen LogP contribution in [-0.4, -0.2) is 74.9 Å². The predicted molar refractivity (Wildman–Crippen MR) is 120 cm³/mol. The molecule has 3 rings (SSSR count). The Balaban J connectivity index is 1.73. The van der Waals surface area contributed by atoms with Crippen molar-refractivity contribution in [1.82, 2.24) is 4.98 Å². The Morgan fingerprint density at radius 1 is 1.12 bits per heavy atom. The number of anilines is 2. The summed E-state index contributed by atoms with van der Waals surface area (Å²) in [6.07, 6.45) is 0.391. The molecule has 1 aromatic heterocycles. The molecule has 0 radical (unpaired) electrons. The monoisotopic (exact) mass is 446 g/mol. The average Bonchev–Trinajstić information content (AvgIpc) is 2.81. The van der Waals surface area contributed by atoms with Crippen LogP contribution in [0.1, 0.15) is 11.3 Å². The highest BCUT2D eigenvalue weighted by molar-refractivity contribution is 5.86. The number of urea groups is 1. The highest BCUT2D eigenvalue weighted by atomic mass is 16.6. The van der Waals surface area contributed by atoms with E-state index < -0.39 is 10.7 Å². The summed E-state index contributed by atoms with van der Waals surface area (Å²) < 4.78 is 14.9. The van der Waals surface area contributed by atoms with Gasteiger partial charge in [-0.25, -0.2) is 9.78 Å². The number of methoxy groups -OCH3 is 3. The van der Waals surface area contributed by atoms with E-state index in [2.05, 4.69) is 10.3 Å². The number of nitrogens with zero attached hydrogens (tertiary/aromatic N) is 3. The third-order valence-electron chi connectivity index (χ3n) is 5.63. The molecular weight excluding hydrogens is 416 g/mol. The topological polar surface area (TPSA) is 116 Å². The number of hydroxylamine groups is 3. The maximum Gasteiger partial charge on any atom is 0.421 e. The molecule has 2 aromatic rings. The maximum absolute atomic E-state index is 13.3. The lowest BCUT2D eigenvalue weighted by atomic mass is 10.1. The number of aliphatic hydroxyl groups is 1. The molecule has 0 bridgehead atoms. The summed E-state index contributed by atoms with van der Waals surface area (Å²) in [5.41, 5.74) is 2.66. The van der Waals surface area contributed by atoms with Gasteiger partial charge in [0.2, 0.25) is 5.88 Å². The molecule has 1 aliphatic rings. The van der Waals surface area contributed by atoms with Gasteiger partial charge in [0.1, 0.15) is 30.3 Å². The van der Waals surface area contributed by atoms with Gasteiger partial charge in [-0.3, -0.25) is 9.96 Å². The van der Waals surface area contributed by atoms with Crippen LogP contribution in [0.3, 0.4) is 0 Å². The lowest BCUT2D eigenvalue weighted by molar-refractivity contribution is -0.797. The van der Waals surface area contributed by atoms with Crippen molar-refractivity contribution in [3.63, 3.8) is 0 Å². The van der Waals surface area contributed by atoms with E-state index in [0.717, 1.165) is 11.3 Å². The van der Waals surface area contributed by atoms with Crippen LogP contribution >= 0.6 is 0 Å². The summed E-state index contributed by atoms with van der Waals surface area (Å²) in [5, 5.41) is 25.2. The van der Waals surface area contributed by atoms with E-state index in [9.17, 15) is 15.1 Å². The third-order valence-corrected chi connectivity index (χ3v) is 5.63. The van der Waals surface area contributed by atoms with Crippen molar-refractivity contribution in [3.8, 4) is 17.4 Å². The first-order chi connectivity index (χ1) is 15.3. The van der Waals surface area contributed by atoms with Crippen molar-refractivity contribution in [2.75, 3.05) is 64.3 Å². The molecule has 1 saturated heterocycles. The van der Waals surface area contributed by atoms with E-state index in [0.29, 0.717) is 42.4 Å². The van der Waals surface area contributed by atoms with Crippen LogP contribution in [-0.2, 0) is 6.42 Å². The number of pyridine rings is 1. The van der Waals surface area contributed by atoms with Crippen molar-refractivity contribution >= 4 is 17.4 Å². The van der Waals surface area contributed by atoms with Crippen LogP contribution in [0.25, 0.3) is 0 Å². The van der Waals surface area contributed by atoms with Gasteiger partial charge in [-0.2, -0.15) is 0 Å². The summed E-state index contributed by atoms with van der Waals surface area (Å²) in [4.78, 5) is 19.3. The number of carbonyl (C=O) groups is 1. The third kappa shape index (κ3) is 5.04. The largest absolute Gasteiger partial charge is 0.624 e. The van der Waals surface area contributed by atoms with Gasteiger partial charge < -0.3 is 29.4 Å². The Hall–Kier alpha value is -3.08. The SMILES string of the molecule is COc1cc(OC)cc(N2CC[N+]([O-])(C(=O)Nc3cc(CCO)c(C)nc3OC)CC2)c1. The molecule has 174 valence electrons. The lowest BCUT2D eigenvalue weighted by Crippen LogP contribution is -2.60. The number of benzene rings is 1. The minimum Gasteiger partial charge on any atom is -0.624 e. The summed E-state index contributed by atoms with van der Waals surface area (Å²) in [7, 11) is 4.61.